The van der Waals surface area contributed by atoms with Gasteiger partial charge in [-0.2, -0.15) is 8.78 Å². The highest BCUT2D eigenvalue weighted by molar-refractivity contribution is 5.74. The zero-order valence-electron chi connectivity index (χ0n) is 24.2. The minimum absolute atomic E-state index is 0.0118. The lowest BCUT2D eigenvalue weighted by Crippen LogP contribution is -2.23. The molecule has 238 valence electrons. The summed E-state index contributed by atoms with van der Waals surface area (Å²) in [6, 6.07) is 14.9. The Morgan fingerprint density at radius 1 is 0.522 bits per heavy atom. The van der Waals surface area contributed by atoms with Crippen LogP contribution in [-0.2, 0) is 12.5 Å². The van der Waals surface area contributed by atoms with Gasteiger partial charge in [0.15, 0.2) is 17.5 Å². The number of ether oxygens (including phenoxy) is 1. The minimum Gasteiger partial charge on any atom is -0.429 e. The third kappa shape index (κ3) is 6.90. The Balaban J connectivity index is 1.36. The van der Waals surface area contributed by atoms with Gasteiger partial charge in [0.2, 0.25) is 0 Å². The maximum Gasteiger partial charge on any atom is 0.429 e. The highest BCUT2D eigenvalue weighted by Crippen LogP contribution is 2.37. The Morgan fingerprint density at radius 2 is 1.00 bits per heavy atom. The van der Waals surface area contributed by atoms with E-state index in [1.807, 2.05) is 0 Å². The standard InChI is InChI=1S/C36H25F9O/c1-2-3-4-5-20-6-10-25(29(37)14-20)21-7-11-26(30(38)15-21)22-8-12-27(31(39)16-22)23-9-13-28(32(40)17-23)36(44,45)46-24-18-33(41)35(43)34(42)19-24/h6-19H,2-5H2,1H3. The van der Waals surface area contributed by atoms with Gasteiger partial charge in [-0.25, -0.2) is 30.7 Å². The number of rotatable bonds is 10. The van der Waals surface area contributed by atoms with Gasteiger partial charge >= 0.3 is 6.11 Å². The lowest BCUT2D eigenvalue weighted by molar-refractivity contribution is -0.187. The fourth-order valence-electron chi connectivity index (χ4n) is 5.07. The van der Waals surface area contributed by atoms with E-state index in [1.165, 1.54) is 30.3 Å². The first-order chi connectivity index (χ1) is 21.9. The fourth-order valence-corrected chi connectivity index (χ4v) is 5.07. The zero-order valence-corrected chi connectivity index (χ0v) is 24.2. The number of aryl methyl sites for hydroxylation is 1. The van der Waals surface area contributed by atoms with E-state index < -0.39 is 58.1 Å². The van der Waals surface area contributed by atoms with Gasteiger partial charge in [0, 0.05) is 28.8 Å². The maximum atomic E-state index is 15.2. The summed E-state index contributed by atoms with van der Waals surface area (Å²) in [5.74, 6) is -10.2. The van der Waals surface area contributed by atoms with Gasteiger partial charge in [-0.3, -0.25) is 0 Å². The van der Waals surface area contributed by atoms with E-state index in [-0.39, 0.29) is 39.9 Å². The van der Waals surface area contributed by atoms with Gasteiger partial charge in [0.05, 0.1) is 5.56 Å². The molecule has 0 saturated carbocycles. The number of halogens is 9. The molecule has 0 radical (unpaired) electrons. The molecule has 0 aromatic heterocycles. The molecule has 0 bridgehead atoms. The van der Waals surface area contributed by atoms with Crippen LogP contribution in [0.1, 0.15) is 37.3 Å². The topological polar surface area (TPSA) is 9.23 Å². The quantitative estimate of drug-likeness (QED) is 0.0835. The summed E-state index contributed by atoms with van der Waals surface area (Å²) in [4.78, 5) is 0. The molecular formula is C36H25F9O. The maximum absolute atomic E-state index is 15.2. The number of unbranched alkanes of at least 4 members (excludes halogenated alkanes) is 2. The highest BCUT2D eigenvalue weighted by atomic mass is 19.3. The normalized spacial score (nSPS) is 11.6. The molecule has 0 aliphatic heterocycles. The van der Waals surface area contributed by atoms with Gasteiger partial charge in [0.25, 0.3) is 0 Å². The highest BCUT2D eigenvalue weighted by Gasteiger charge is 2.38. The third-order valence-corrected chi connectivity index (χ3v) is 7.46. The molecule has 5 aromatic carbocycles. The van der Waals surface area contributed by atoms with Crippen LogP contribution in [0.5, 0.6) is 5.75 Å². The van der Waals surface area contributed by atoms with E-state index in [0.29, 0.717) is 17.7 Å². The monoisotopic (exact) mass is 644 g/mol. The van der Waals surface area contributed by atoms with E-state index in [0.717, 1.165) is 49.4 Å². The van der Waals surface area contributed by atoms with Crippen molar-refractivity contribution < 1.29 is 44.3 Å². The number of alkyl halides is 2. The molecule has 0 aliphatic carbocycles. The lowest BCUT2D eigenvalue weighted by Gasteiger charge is -2.19. The Hall–Kier alpha value is -4.73. The molecule has 0 saturated heterocycles. The van der Waals surface area contributed by atoms with E-state index in [2.05, 4.69) is 11.7 Å². The molecule has 0 aliphatic rings. The van der Waals surface area contributed by atoms with Crippen molar-refractivity contribution in [1.29, 1.82) is 0 Å². The summed E-state index contributed by atoms with van der Waals surface area (Å²) >= 11 is 0. The van der Waals surface area contributed by atoms with Gasteiger partial charge in [-0.1, -0.05) is 62.2 Å². The predicted molar refractivity (Wildman–Crippen MR) is 157 cm³/mol. The van der Waals surface area contributed by atoms with Crippen LogP contribution in [0.2, 0.25) is 0 Å². The summed E-state index contributed by atoms with van der Waals surface area (Å²) < 4.78 is 134. The molecule has 0 heterocycles. The second-order valence-electron chi connectivity index (χ2n) is 10.7. The van der Waals surface area contributed by atoms with E-state index in [1.54, 1.807) is 12.1 Å². The summed E-state index contributed by atoms with van der Waals surface area (Å²) in [5, 5.41) is 0. The largest absolute Gasteiger partial charge is 0.429 e. The number of hydrogen-bond acceptors (Lipinski definition) is 1. The van der Waals surface area contributed by atoms with Crippen molar-refractivity contribution in [2.24, 2.45) is 0 Å². The number of benzene rings is 5. The summed E-state index contributed by atoms with van der Waals surface area (Å²) in [5.41, 5.74) is -0.193. The number of hydrogen-bond donors (Lipinski definition) is 0. The van der Waals surface area contributed by atoms with Crippen LogP contribution in [0.25, 0.3) is 33.4 Å². The Kier molecular flexibility index (Phi) is 9.46. The molecule has 10 heteroatoms. The van der Waals surface area contributed by atoms with Gasteiger partial charge < -0.3 is 4.74 Å². The van der Waals surface area contributed by atoms with E-state index in [4.69, 9.17) is 0 Å². The molecule has 0 amide bonds. The van der Waals surface area contributed by atoms with Crippen molar-refractivity contribution in [1.82, 2.24) is 0 Å². The van der Waals surface area contributed by atoms with Crippen LogP contribution in [0.4, 0.5) is 39.5 Å². The van der Waals surface area contributed by atoms with Crippen LogP contribution in [0.15, 0.2) is 84.9 Å². The van der Waals surface area contributed by atoms with E-state index in [9.17, 15) is 30.7 Å². The first kappa shape index (κ1) is 32.7. The summed E-state index contributed by atoms with van der Waals surface area (Å²) in [6.45, 7) is 2.07. The van der Waals surface area contributed by atoms with Crippen LogP contribution in [0.3, 0.4) is 0 Å². The van der Waals surface area contributed by atoms with Crippen LogP contribution >= 0.6 is 0 Å². The summed E-state index contributed by atoms with van der Waals surface area (Å²) in [7, 11) is 0. The summed E-state index contributed by atoms with van der Waals surface area (Å²) in [6.07, 6.45) is -0.697. The molecule has 0 atom stereocenters. The van der Waals surface area contributed by atoms with Gasteiger partial charge in [0.1, 0.15) is 29.0 Å². The first-order valence-electron chi connectivity index (χ1n) is 14.3. The van der Waals surface area contributed by atoms with Gasteiger partial charge in [-0.15, -0.1) is 0 Å². The van der Waals surface area contributed by atoms with E-state index >= 15 is 8.78 Å². The molecule has 46 heavy (non-hydrogen) atoms. The zero-order chi connectivity index (χ0) is 33.2. The molecule has 0 N–H and O–H groups in total. The lowest BCUT2D eigenvalue weighted by atomic mass is 9.95. The molecule has 1 nitrogen and oxygen atoms in total. The SMILES string of the molecule is CCCCCc1ccc(-c2ccc(-c3ccc(-c4ccc(C(F)(F)Oc5cc(F)c(F)c(F)c5)c(F)c4)c(F)c3)c(F)c2)c(F)c1. The first-order valence-corrected chi connectivity index (χ1v) is 14.3. The van der Waals surface area contributed by atoms with Crippen molar-refractivity contribution in [2.75, 3.05) is 0 Å². The molecule has 5 rings (SSSR count). The Bertz CT molecular complexity index is 1880. The predicted octanol–water partition coefficient (Wildman–Crippen LogP) is 11.5. The molecule has 5 aromatic rings. The van der Waals surface area contributed by atoms with Crippen LogP contribution < -0.4 is 4.74 Å². The minimum atomic E-state index is -4.44. The molecule has 0 unspecified atom stereocenters. The second-order valence-corrected chi connectivity index (χ2v) is 10.7. The van der Waals surface area contributed by atoms with Crippen molar-refractivity contribution in [2.45, 2.75) is 38.7 Å². The molecule has 0 fully saturated rings. The van der Waals surface area contributed by atoms with Gasteiger partial charge in [-0.05, 0) is 65.4 Å². The van der Waals surface area contributed by atoms with Crippen LogP contribution in [0, 0.1) is 40.7 Å². The van der Waals surface area contributed by atoms with Crippen molar-refractivity contribution >= 4 is 0 Å². The average Bonchev–Trinajstić information content (AvgIpc) is 2.99. The second kappa shape index (κ2) is 13.3. The van der Waals surface area contributed by atoms with Crippen LogP contribution in [-0.4, -0.2) is 0 Å². The average molecular weight is 645 g/mol. The molecular weight excluding hydrogens is 619 g/mol. The Labute approximate surface area is 258 Å². The van der Waals surface area contributed by atoms with Crippen molar-refractivity contribution in [3.63, 3.8) is 0 Å². The fraction of sp³-hybridized carbons (Fsp3) is 0.167. The third-order valence-electron chi connectivity index (χ3n) is 7.46. The van der Waals surface area contributed by atoms with Crippen molar-refractivity contribution in [3.05, 3.63) is 137 Å². The smallest absolute Gasteiger partial charge is 0.429 e. The Morgan fingerprint density at radius 3 is 1.48 bits per heavy atom. The molecule has 0 spiro atoms. The van der Waals surface area contributed by atoms with Crippen molar-refractivity contribution in [3.8, 4) is 39.1 Å².